The third-order valence-electron chi connectivity index (χ3n) is 5.17. The van der Waals surface area contributed by atoms with Gasteiger partial charge in [-0.1, -0.05) is 32.9 Å². The molecule has 2 unspecified atom stereocenters. The zero-order valence-corrected chi connectivity index (χ0v) is 24.8. The van der Waals surface area contributed by atoms with Crippen LogP contribution in [0.1, 0.15) is 27.2 Å². The van der Waals surface area contributed by atoms with Crippen LogP contribution in [-0.2, 0) is 47.5 Å². The van der Waals surface area contributed by atoms with E-state index in [0.717, 1.165) is 18.2 Å². The zero-order chi connectivity index (χ0) is 30.6. The van der Waals surface area contributed by atoms with Crippen LogP contribution in [0.15, 0.2) is 63.0 Å². The van der Waals surface area contributed by atoms with Crippen LogP contribution in [-0.4, -0.2) is 81.3 Å². The van der Waals surface area contributed by atoms with Gasteiger partial charge in [-0.05, 0) is 33.3 Å². The molecule has 40 heavy (non-hydrogen) atoms. The average molecular weight is 585 g/mol. The second-order valence-electron chi connectivity index (χ2n) is 9.58. The van der Waals surface area contributed by atoms with Crippen LogP contribution in [0.3, 0.4) is 0 Å². The monoisotopic (exact) mass is 584 g/mol. The number of thiol groups is 1. The van der Waals surface area contributed by atoms with Crippen molar-refractivity contribution in [3.63, 3.8) is 0 Å². The Morgan fingerprint density at radius 1 is 0.700 bits per heavy atom. The lowest BCUT2D eigenvalue weighted by atomic mass is 10.1. The van der Waals surface area contributed by atoms with Crippen LogP contribution in [0.2, 0.25) is 0 Å². The Morgan fingerprint density at radius 3 is 1.60 bits per heavy atom. The molecule has 0 radical (unpaired) electrons. The lowest BCUT2D eigenvalue weighted by molar-refractivity contribution is -0.145. The summed E-state index contributed by atoms with van der Waals surface area (Å²) in [4.78, 5) is 33.3. The summed E-state index contributed by atoms with van der Waals surface area (Å²) >= 11 is 4.54. The SMILES string of the molecule is C=CC(=C)OCC(COC(=O)C=C)COC(C)(C)CCOC(C)(S)COCC(COC(=O)C=C)COC(=O)C=C. The predicted octanol–water partition coefficient (Wildman–Crippen LogP) is 3.99. The lowest BCUT2D eigenvalue weighted by Gasteiger charge is -2.30. The van der Waals surface area contributed by atoms with Crippen molar-refractivity contribution in [2.45, 2.75) is 37.7 Å². The second kappa shape index (κ2) is 20.1. The van der Waals surface area contributed by atoms with Crippen molar-refractivity contribution in [1.82, 2.24) is 0 Å². The van der Waals surface area contributed by atoms with Crippen molar-refractivity contribution in [3.8, 4) is 0 Å². The van der Waals surface area contributed by atoms with Crippen LogP contribution >= 0.6 is 12.6 Å². The van der Waals surface area contributed by atoms with Crippen LogP contribution in [0.25, 0.3) is 0 Å². The summed E-state index contributed by atoms with van der Waals surface area (Å²) in [7, 11) is 0. The fourth-order valence-corrected chi connectivity index (χ4v) is 2.92. The summed E-state index contributed by atoms with van der Waals surface area (Å²) in [5, 5.41) is 0. The van der Waals surface area contributed by atoms with E-state index in [9.17, 15) is 14.4 Å². The first kappa shape index (κ1) is 37.1. The Labute approximate surface area is 243 Å². The van der Waals surface area contributed by atoms with Gasteiger partial charge in [0.2, 0.25) is 0 Å². The van der Waals surface area contributed by atoms with Crippen molar-refractivity contribution in [3.05, 3.63) is 63.0 Å². The van der Waals surface area contributed by atoms with Gasteiger partial charge in [0.1, 0.15) is 10.7 Å². The van der Waals surface area contributed by atoms with Gasteiger partial charge < -0.3 is 33.2 Å². The van der Waals surface area contributed by atoms with E-state index in [1.165, 1.54) is 6.08 Å². The maximum absolute atomic E-state index is 11.5. The number of rotatable bonds is 24. The summed E-state index contributed by atoms with van der Waals surface area (Å²) in [5.41, 5.74) is -0.573. The molecule has 0 aromatic rings. The summed E-state index contributed by atoms with van der Waals surface area (Å²) in [6, 6.07) is 0. The highest BCUT2D eigenvalue weighted by molar-refractivity contribution is 7.81. The molecule has 226 valence electrons. The molecule has 0 aromatic carbocycles. The topological polar surface area (TPSA) is 116 Å². The minimum atomic E-state index is -0.934. The molecule has 0 aliphatic carbocycles. The minimum Gasteiger partial charge on any atom is -0.494 e. The van der Waals surface area contributed by atoms with E-state index >= 15 is 0 Å². The third kappa shape index (κ3) is 19.2. The number of carbonyl (C=O) groups is 3. The van der Waals surface area contributed by atoms with Gasteiger partial charge in [-0.2, -0.15) is 0 Å². The Bertz CT molecular complexity index is 817. The number of hydrogen-bond acceptors (Lipinski definition) is 11. The number of ether oxygens (including phenoxy) is 7. The smallest absolute Gasteiger partial charge is 0.330 e. The Hall–Kier alpha value is -2.86. The summed E-state index contributed by atoms with van der Waals surface area (Å²) in [6.45, 7) is 24.1. The van der Waals surface area contributed by atoms with Crippen molar-refractivity contribution in [1.29, 1.82) is 0 Å². The van der Waals surface area contributed by atoms with E-state index in [-0.39, 0.29) is 52.2 Å². The van der Waals surface area contributed by atoms with Gasteiger partial charge >= 0.3 is 17.9 Å². The Kier molecular flexibility index (Phi) is 18.6. The second-order valence-corrected chi connectivity index (χ2v) is 10.5. The number of carbonyl (C=O) groups excluding carboxylic acids is 3. The first-order valence-corrected chi connectivity index (χ1v) is 13.1. The molecule has 0 rings (SSSR count). The first-order valence-electron chi connectivity index (χ1n) is 12.7. The van der Waals surface area contributed by atoms with Gasteiger partial charge in [-0.3, -0.25) is 0 Å². The van der Waals surface area contributed by atoms with E-state index in [1.54, 1.807) is 6.92 Å². The minimum absolute atomic E-state index is 0.0223. The highest BCUT2D eigenvalue weighted by Crippen LogP contribution is 2.22. The Morgan fingerprint density at radius 2 is 1.15 bits per heavy atom. The van der Waals surface area contributed by atoms with Crippen molar-refractivity contribution >= 4 is 30.5 Å². The molecular formula is C29H44O10S. The van der Waals surface area contributed by atoms with Crippen LogP contribution in [0, 0.1) is 11.8 Å². The molecular weight excluding hydrogens is 540 g/mol. The van der Waals surface area contributed by atoms with Gasteiger partial charge in [0.05, 0.1) is 70.3 Å². The molecule has 11 heteroatoms. The largest absolute Gasteiger partial charge is 0.494 e. The highest BCUT2D eigenvalue weighted by atomic mass is 32.1. The molecule has 10 nitrogen and oxygen atoms in total. The van der Waals surface area contributed by atoms with Gasteiger partial charge in [0, 0.05) is 18.2 Å². The average Bonchev–Trinajstić information content (AvgIpc) is 2.92. The van der Waals surface area contributed by atoms with E-state index < -0.39 is 34.4 Å². The van der Waals surface area contributed by atoms with Crippen LogP contribution in [0.4, 0.5) is 0 Å². The van der Waals surface area contributed by atoms with Crippen LogP contribution in [0.5, 0.6) is 0 Å². The standard InChI is InChI=1S/C29H44O10S/c1-9-22(5)34-16-24(19-37-27(32)12-4)20-39-28(6,7)13-14-38-29(8,40)21-33-15-23(17-35-25(30)10-2)18-36-26(31)11-3/h9-12,23-24,40H,1-5,13-21H2,6-8H3. The number of allylic oxidation sites excluding steroid dienone is 1. The summed E-state index contributed by atoms with van der Waals surface area (Å²) in [6.07, 6.45) is 5.20. The molecule has 0 N–H and O–H groups in total. The first-order chi connectivity index (χ1) is 18.8. The molecule has 0 aliphatic rings. The normalized spacial score (nSPS) is 13.3. The predicted molar refractivity (Wildman–Crippen MR) is 155 cm³/mol. The van der Waals surface area contributed by atoms with Crippen molar-refractivity contribution < 1.29 is 47.5 Å². The van der Waals surface area contributed by atoms with Crippen LogP contribution < -0.4 is 0 Å². The zero-order valence-electron chi connectivity index (χ0n) is 23.9. The molecule has 0 heterocycles. The third-order valence-corrected chi connectivity index (χ3v) is 5.42. The Balaban J connectivity index is 4.71. The number of hydrogen-bond donors (Lipinski definition) is 1. The van der Waals surface area contributed by atoms with E-state index in [4.69, 9.17) is 33.2 Å². The quantitative estimate of drug-likeness (QED) is 0.0340. The summed E-state index contributed by atoms with van der Waals surface area (Å²) < 4.78 is 38.5. The van der Waals surface area contributed by atoms with Gasteiger partial charge in [-0.25, -0.2) is 14.4 Å². The molecule has 0 spiro atoms. The lowest BCUT2D eigenvalue weighted by Crippen LogP contribution is -2.35. The molecule has 0 amide bonds. The van der Waals surface area contributed by atoms with Gasteiger partial charge in [0.25, 0.3) is 0 Å². The van der Waals surface area contributed by atoms with E-state index in [0.29, 0.717) is 18.8 Å². The summed E-state index contributed by atoms with van der Waals surface area (Å²) in [5.74, 6) is -1.95. The van der Waals surface area contributed by atoms with Gasteiger partial charge in [0.15, 0.2) is 0 Å². The van der Waals surface area contributed by atoms with Crippen molar-refractivity contribution in [2.24, 2.45) is 11.8 Å². The van der Waals surface area contributed by atoms with E-state index in [2.05, 4.69) is 45.5 Å². The maximum Gasteiger partial charge on any atom is 0.330 e. The molecule has 0 saturated heterocycles. The highest BCUT2D eigenvalue weighted by Gasteiger charge is 2.26. The van der Waals surface area contributed by atoms with Gasteiger partial charge in [-0.15, -0.1) is 12.6 Å². The molecule has 0 fully saturated rings. The van der Waals surface area contributed by atoms with E-state index in [1.807, 2.05) is 13.8 Å². The molecule has 2 atom stereocenters. The van der Waals surface area contributed by atoms with Crippen molar-refractivity contribution in [2.75, 3.05) is 52.9 Å². The molecule has 0 aromatic heterocycles. The fourth-order valence-electron chi connectivity index (χ4n) is 2.74. The molecule has 0 aliphatic heterocycles. The molecule has 0 bridgehead atoms. The maximum atomic E-state index is 11.5. The molecule has 0 saturated carbocycles. The fraction of sp³-hybridized carbons (Fsp3) is 0.552. The number of esters is 3.